The molecule has 0 aliphatic carbocycles. The van der Waals surface area contributed by atoms with Crippen molar-refractivity contribution in [2.75, 3.05) is 13.1 Å². The minimum atomic E-state index is -3.68. The van der Waals surface area contributed by atoms with Crippen molar-refractivity contribution in [2.45, 2.75) is 37.5 Å². The van der Waals surface area contributed by atoms with E-state index in [1.807, 2.05) is 13.8 Å². The predicted octanol–water partition coefficient (Wildman–Crippen LogP) is 2.01. The monoisotopic (exact) mass is 378 g/mol. The molecule has 1 fully saturated rings. The predicted molar refractivity (Wildman–Crippen MR) is 95.1 cm³/mol. The summed E-state index contributed by atoms with van der Waals surface area (Å²) in [5, 5.41) is 2.75. The zero-order valence-electron chi connectivity index (χ0n) is 14.7. The largest absolute Gasteiger partial charge is 0.472 e. The van der Waals surface area contributed by atoms with E-state index in [1.165, 1.54) is 22.7 Å². The van der Waals surface area contributed by atoms with Gasteiger partial charge in [-0.25, -0.2) is 8.42 Å². The number of morpholine rings is 1. The van der Waals surface area contributed by atoms with Crippen LogP contribution in [0.25, 0.3) is 0 Å². The van der Waals surface area contributed by atoms with Gasteiger partial charge in [-0.2, -0.15) is 4.31 Å². The highest BCUT2D eigenvalue weighted by molar-refractivity contribution is 7.89. The first kappa shape index (κ1) is 18.6. The SMILES string of the molecule is CC1CN(S(=O)(=O)c2cccc(C(=O)NCc3ccoc3)c2)CC(C)O1. The highest BCUT2D eigenvalue weighted by Crippen LogP contribution is 2.22. The number of furan rings is 1. The molecule has 1 aromatic heterocycles. The number of benzene rings is 1. The average Bonchev–Trinajstić information content (AvgIpc) is 3.12. The molecule has 1 amide bonds. The Hall–Kier alpha value is -2.16. The lowest BCUT2D eigenvalue weighted by molar-refractivity contribution is -0.0440. The Morgan fingerprint density at radius 2 is 1.96 bits per heavy atom. The summed E-state index contributed by atoms with van der Waals surface area (Å²) in [5.74, 6) is -0.341. The molecule has 1 aliphatic heterocycles. The molecule has 8 heteroatoms. The van der Waals surface area contributed by atoms with Gasteiger partial charge in [-0.15, -0.1) is 0 Å². The van der Waals surface area contributed by atoms with E-state index in [4.69, 9.17) is 9.15 Å². The van der Waals surface area contributed by atoms with Crippen LogP contribution >= 0.6 is 0 Å². The molecular formula is C18H22N2O5S. The second-order valence-corrected chi connectivity index (χ2v) is 8.36. The molecule has 0 spiro atoms. The van der Waals surface area contributed by atoms with Gasteiger partial charge in [0, 0.05) is 30.8 Å². The smallest absolute Gasteiger partial charge is 0.251 e. The number of carbonyl (C=O) groups excluding carboxylic acids is 1. The Labute approximate surface area is 153 Å². The zero-order valence-corrected chi connectivity index (χ0v) is 15.5. The molecule has 26 heavy (non-hydrogen) atoms. The summed E-state index contributed by atoms with van der Waals surface area (Å²) in [6, 6.07) is 7.83. The number of hydrogen-bond donors (Lipinski definition) is 1. The van der Waals surface area contributed by atoms with Gasteiger partial charge >= 0.3 is 0 Å². The van der Waals surface area contributed by atoms with Crippen LogP contribution in [0.1, 0.15) is 29.8 Å². The molecule has 0 bridgehead atoms. The van der Waals surface area contributed by atoms with Crippen LogP contribution in [0, 0.1) is 0 Å². The van der Waals surface area contributed by atoms with Gasteiger partial charge in [0.05, 0.1) is 29.6 Å². The van der Waals surface area contributed by atoms with Crippen molar-refractivity contribution < 1.29 is 22.4 Å². The Morgan fingerprint density at radius 1 is 1.23 bits per heavy atom. The number of amides is 1. The topological polar surface area (TPSA) is 88.9 Å². The maximum atomic E-state index is 12.9. The van der Waals surface area contributed by atoms with Crippen molar-refractivity contribution >= 4 is 15.9 Å². The molecule has 1 aliphatic rings. The van der Waals surface area contributed by atoms with E-state index in [9.17, 15) is 13.2 Å². The molecule has 2 aromatic rings. The van der Waals surface area contributed by atoms with Crippen molar-refractivity contribution in [2.24, 2.45) is 0 Å². The zero-order chi connectivity index (χ0) is 18.7. The van der Waals surface area contributed by atoms with Crippen LogP contribution in [0.3, 0.4) is 0 Å². The van der Waals surface area contributed by atoms with E-state index in [0.29, 0.717) is 25.2 Å². The van der Waals surface area contributed by atoms with Gasteiger partial charge in [-0.05, 0) is 38.1 Å². The summed E-state index contributed by atoms with van der Waals surface area (Å²) < 4.78 is 37.8. The van der Waals surface area contributed by atoms with Crippen LogP contribution in [0.15, 0.2) is 52.2 Å². The van der Waals surface area contributed by atoms with Crippen LogP contribution in [-0.2, 0) is 21.3 Å². The third kappa shape index (κ3) is 4.14. The summed E-state index contributed by atoms with van der Waals surface area (Å²) in [6.45, 7) is 4.59. The summed E-state index contributed by atoms with van der Waals surface area (Å²) >= 11 is 0. The number of nitrogens with zero attached hydrogens (tertiary/aromatic N) is 1. The summed E-state index contributed by atoms with van der Waals surface area (Å²) in [5.41, 5.74) is 1.13. The van der Waals surface area contributed by atoms with Gasteiger partial charge in [0.2, 0.25) is 10.0 Å². The number of carbonyl (C=O) groups is 1. The van der Waals surface area contributed by atoms with E-state index in [1.54, 1.807) is 24.5 Å². The fourth-order valence-corrected chi connectivity index (χ4v) is 4.59. The maximum absolute atomic E-state index is 12.9. The molecular weight excluding hydrogens is 356 g/mol. The second-order valence-electron chi connectivity index (χ2n) is 6.42. The van der Waals surface area contributed by atoms with Gasteiger partial charge in [0.15, 0.2) is 0 Å². The molecule has 1 N–H and O–H groups in total. The van der Waals surface area contributed by atoms with Crippen LogP contribution in [0.2, 0.25) is 0 Å². The third-order valence-electron chi connectivity index (χ3n) is 4.15. The summed E-state index contributed by atoms with van der Waals surface area (Å²) in [6.07, 6.45) is 2.73. The lowest BCUT2D eigenvalue weighted by atomic mass is 10.2. The highest BCUT2D eigenvalue weighted by atomic mass is 32.2. The Kier molecular flexibility index (Phi) is 5.45. The molecule has 0 radical (unpaired) electrons. The molecule has 1 aromatic carbocycles. The first-order valence-corrected chi connectivity index (χ1v) is 9.85. The quantitative estimate of drug-likeness (QED) is 0.860. The van der Waals surface area contributed by atoms with Crippen molar-refractivity contribution in [1.29, 1.82) is 0 Å². The molecule has 2 atom stereocenters. The molecule has 140 valence electrons. The molecule has 2 unspecified atom stereocenters. The summed E-state index contributed by atoms with van der Waals surface area (Å²) in [7, 11) is -3.68. The van der Waals surface area contributed by atoms with Crippen LogP contribution in [-0.4, -0.2) is 43.9 Å². The van der Waals surface area contributed by atoms with Crippen LogP contribution in [0.4, 0.5) is 0 Å². The Balaban J connectivity index is 1.76. The molecule has 7 nitrogen and oxygen atoms in total. The van der Waals surface area contributed by atoms with Crippen LogP contribution in [0.5, 0.6) is 0 Å². The molecule has 1 saturated heterocycles. The normalized spacial score (nSPS) is 21.5. The lowest BCUT2D eigenvalue weighted by Gasteiger charge is -2.34. The van der Waals surface area contributed by atoms with E-state index in [0.717, 1.165) is 5.56 Å². The standard InChI is InChI=1S/C18H22N2O5S/c1-13-10-20(11-14(2)25-13)26(22,23)17-5-3-4-16(8-17)18(21)19-9-15-6-7-24-12-15/h3-8,12-14H,9-11H2,1-2H3,(H,19,21). The van der Waals surface area contributed by atoms with E-state index in [-0.39, 0.29) is 23.0 Å². The first-order valence-electron chi connectivity index (χ1n) is 8.41. The average molecular weight is 378 g/mol. The van der Waals surface area contributed by atoms with E-state index < -0.39 is 10.0 Å². The fourth-order valence-electron chi connectivity index (χ4n) is 2.95. The van der Waals surface area contributed by atoms with Gasteiger partial charge in [-0.1, -0.05) is 6.07 Å². The van der Waals surface area contributed by atoms with Crippen LogP contribution < -0.4 is 5.32 Å². The van der Waals surface area contributed by atoms with Crippen molar-refractivity contribution in [3.05, 3.63) is 54.0 Å². The number of nitrogens with one attached hydrogen (secondary N) is 1. The number of rotatable bonds is 5. The molecule has 2 heterocycles. The molecule has 0 saturated carbocycles. The van der Waals surface area contributed by atoms with Gasteiger partial charge in [0.25, 0.3) is 5.91 Å². The van der Waals surface area contributed by atoms with Crippen molar-refractivity contribution in [3.8, 4) is 0 Å². The van der Waals surface area contributed by atoms with Crippen molar-refractivity contribution in [3.63, 3.8) is 0 Å². The fraction of sp³-hybridized carbons (Fsp3) is 0.389. The third-order valence-corrected chi connectivity index (χ3v) is 5.98. The number of hydrogen-bond acceptors (Lipinski definition) is 5. The Morgan fingerprint density at radius 3 is 2.62 bits per heavy atom. The minimum Gasteiger partial charge on any atom is -0.472 e. The highest BCUT2D eigenvalue weighted by Gasteiger charge is 2.32. The lowest BCUT2D eigenvalue weighted by Crippen LogP contribution is -2.48. The number of ether oxygens (including phenoxy) is 1. The van der Waals surface area contributed by atoms with E-state index in [2.05, 4.69) is 5.32 Å². The second kappa shape index (κ2) is 7.61. The minimum absolute atomic E-state index is 0.106. The maximum Gasteiger partial charge on any atom is 0.251 e. The van der Waals surface area contributed by atoms with Gasteiger partial charge in [0.1, 0.15) is 0 Å². The number of sulfonamides is 1. The van der Waals surface area contributed by atoms with E-state index >= 15 is 0 Å². The summed E-state index contributed by atoms with van der Waals surface area (Å²) in [4.78, 5) is 12.4. The first-order chi connectivity index (χ1) is 12.4. The van der Waals surface area contributed by atoms with Gasteiger partial charge in [-0.3, -0.25) is 4.79 Å². The molecule has 3 rings (SSSR count). The van der Waals surface area contributed by atoms with Crippen molar-refractivity contribution in [1.82, 2.24) is 9.62 Å². The van der Waals surface area contributed by atoms with Gasteiger partial charge < -0.3 is 14.5 Å². The Bertz CT molecular complexity index is 853.